The molecule has 0 aliphatic carbocycles. The van der Waals surface area contributed by atoms with Crippen molar-refractivity contribution in [2.24, 2.45) is 0 Å². The van der Waals surface area contributed by atoms with E-state index >= 15 is 0 Å². The van der Waals surface area contributed by atoms with E-state index in [2.05, 4.69) is 14.7 Å². The number of hydrogen-bond acceptors (Lipinski definition) is 8. The Labute approximate surface area is 220 Å². The maximum atomic E-state index is 13.4. The van der Waals surface area contributed by atoms with E-state index < -0.39 is 21.5 Å². The molecule has 1 saturated heterocycles. The van der Waals surface area contributed by atoms with Gasteiger partial charge < -0.3 is 14.2 Å². The van der Waals surface area contributed by atoms with Crippen LogP contribution < -0.4 is 9.46 Å². The molecule has 1 N–H and O–H groups in total. The number of fused-ring (bicyclic) bond motifs is 1. The van der Waals surface area contributed by atoms with Crippen molar-refractivity contribution in [3.05, 3.63) is 84.2 Å². The number of nitrogens with one attached hydrogen (secondary N) is 1. The summed E-state index contributed by atoms with van der Waals surface area (Å²) in [6.07, 6.45) is 2.85. The lowest BCUT2D eigenvalue weighted by atomic mass is 9.86. The molecule has 4 aromatic rings. The first-order chi connectivity index (χ1) is 18.4. The van der Waals surface area contributed by atoms with Gasteiger partial charge in [0.1, 0.15) is 16.3 Å². The third-order valence-corrected chi connectivity index (χ3v) is 8.16. The summed E-state index contributed by atoms with van der Waals surface area (Å²) < 4.78 is 45.6. The van der Waals surface area contributed by atoms with Crippen molar-refractivity contribution in [3.8, 4) is 17.0 Å². The summed E-state index contributed by atoms with van der Waals surface area (Å²) in [5.74, 6) is -0.742. The molecule has 1 amide bonds. The summed E-state index contributed by atoms with van der Waals surface area (Å²) in [7, 11) is -1.34. The topological polar surface area (TPSA) is 117 Å². The van der Waals surface area contributed by atoms with Crippen LogP contribution in [-0.4, -0.2) is 51.7 Å². The minimum atomic E-state index is -4.31. The summed E-state index contributed by atoms with van der Waals surface area (Å²) in [6, 6.07) is 19.2. The highest BCUT2D eigenvalue weighted by Gasteiger charge is 2.36. The highest BCUT2D eigenvalue weighted by atomic mass is 32.2. The molecule has 0 spiro atoms. The second-order valence-corrected chi connectivity index (χ2v) is 10.5. The molecule has 1 fully saturated rings. The van der Waals surface area contributed by atoms with Crippen LogP contribution in [0.15, 0.2) is 77.8 Å². The highest BCUT2D eigenvalue weighted by Crippen LogP contribution is 2.38. The van der Waals surface area contributed by atoms with Crippen molar-refractivity contribution in [3.63, 3.8) is 0 Å². The Bertz CT molecular complexity index is 1590. The number of aromatic nitrogens is 2. The van der Waals surface area contributed by atoms with Crippen molar-refractivity contribution >= 4 is 26.8 Å². The maximum absolute atomic E-state index is 13.4. The minimum absolute atomic E-state index is 0.0350. The fourth-order valence-electron chi connectivity index (χ4n) is 4.74. The fourth-order valence-corrected chi connectivity index (χ4v) is 5.90. The van der Waals surface area contributed by atoms with Crippen LogP contribution in [0.4, 0.5) is 0 Å². The minimum Gasteiger partial charge on any atom is -0.495 e. The molecule has 0 radical (unpaired) electrons. The lowest BCUT2D eigenvalue weighted by molar-refractivity contribution is -0.0949. The third kappa shape index (κ3) is 4.85. The van der Waals surface area contributed by atoms with Gasteiger partial charge in [-0.1, -0.05) is 24.3 Å². The van der Waals surface area contributed by atoms with E-state index in [1.807, 2.05) is 30.3 Å². The van der Waals surface area contributed by atoms with Crippen molar-refractivity contribution in [1.82, 2.24) is 14.7 Å². The summed E-state index contributed by atoms with van der Waals surface area (Å²) in [5.41, 5.74) is 2.11. The van der Waals surface area contributed by atoms with Gasteiger partial charge in [-0.05, 0) is 48.0 Å². The Morgan fingerprint density at radius 3 is 2.53 bits per heavy atom. The molecule has 3 heterocycles. The molecule has 1 aliphatic rings. The van der Waals surface area contributed by atoms with Crippen LogP contribution in [0.3, 0.4) is 0 Å². The first-order valence-corrected chi connectivity index (χ1v) is 13.5. The molecule has 0 saturated carbocycles. The van der Waals surface area contributed by atoms with Crippen LogP contribution >= 0.6 is 0 Å². The number of rotatable bonds is 7. The molecule has 0 bridgehead atoms. The molecule has 9 nitrogen and oxygen atoms in total. The van der Waals surface area contributed by atoms with Gasteiger partial charge in [-0.2, -0.15) is 0 Å². The van der Waals surface area contributed by atoms with Crippen molar-refractivity contribution in [2.45, 2.75) is 23.3 Å². The number of pyridine rings is 2. The number of nitrogens with zero attached hydrogens (tertiary/aromatic N) is 2. The molecule has 196 valence electrons. The number of carbonyl (C=O) groups is 1. The van der Waals surface area contributed by atoms with E-state index in [0.29, 0.717) is 37.1 Å². The quantitative estimate of drug-likeness (QED) is 0.378. The molecular weight excluding hydrogens is 506 g/mol. The van der Waals surface area contributed by atoms with Gasteiger partial charge in [0.25, 0.3) is 15.9 Å². The number of methoxy groups -OCH3 is 2. The van der Waals surface area contributed by atoms with Gasteiger partial charge in [0.05, 0.1) is 23.9 Å². The smallest absolute Gasteiger partial charge is 0.283 e. The van der Waals surface area contributed by atoms with E-state index in [-0.39, 0.29) is 16.3 Å². The summed E-state index contributed by atoms with van der Waals surface area (Å²) in [6.45, 7) is 0.989. The highest BCUT2D eigenvalue weighted by molar-refractivity contribution is 7.90. The zero-order valence-corrected chi connectivity index (χ0v) is 21.8. The van der Waals surface area contributed by atoms with Gasteiger partial charge in [0.2, 0.25) is 0 Å². The molecule has 0 atom stereocenters. The van der Waals surface area contributed by atoms with Crippen LogP contribution in [0.1, 0.15) is 28.9 Å². The standard InChI is InChI=1S/C28H27N3O6S/c1-35-25-12-9-19(28(36-2)13-16-37-17-14-28)18-26(25)38(33,34)31-27(32)24-11-10-21-20(6-5-8-23(21)30-24)22-7-3-4-15-29-22/h3-12,15,18H,13-14,16-17H2,1-2H3,(H,31,32). The third-order valence-electron chi connectivity index (χ3n) is 6.80. The lowest BCUT2D eigenvalue weighted by Crippen LogP contribution is -2.36. The van der Waals surface area contributed by atoms with Crippen LogP contribution in [0.5, 0.6) is 5.75 Å². The number of carbonyl (C=O) groups excluding carboxylic acids is 1. The lowest BCUT2D eigenvalue weighted by Gasteiger charge is -2.36. The summed E-state index contributed by atoms with van der Waals surface area (Å²) >= 11 is 0. The van der Waals surface area contributed by atoms with Gasteiger partial charge in [-0.15, -0.1) is 0 Å². The van der Waals surface area contributed by atoms with Gasteiger partial charge in [-0.3, -0.25) is 9.78 Å². The molecular formula is C28H27N3O6S. The van der Waals surface area contributed by atoms with Crippen molar-refractivity contribution in [1.29, 1.82) is 0 Å². The van der Waals surface area contributed by atoms with Crippen LogP contribution in [-0.2, 0) is 25.1 Å². The zero-order chi connectivity index (χ0) is 26.8. The molecule has 10 heteroatoms. The van der Waals surface area contributed by atoms with Gasteiger partial charge >= 0.3 is 0 Å². The number of ether oxygens (including phenoxy) is 3. The second-order valence-electron chi connectivity index (χ2n) is 8.89. The van der Waals surface area contributed by atoms with Crippen molar-refractivity contribution < 1.29 is 27.4 Å². The molecule has 2 aromatic heterocycles. The predicted molar refractivity (Wildman–Crippen MR) is 141 cm³/mol. The summed E-state index contributed by atoms with van der Waals surface area (Å²) in [4.78, 5) is 21.8. The Morgan fingerprint density at radius 1 is 1.00 bits per heavy atom. The monoisotopic (exact) mass is 533 g/mol. The van der Waals surface area contributed by atoms with Gasteiger partial charge in [0.15, 0.2) is 0 Å². The SMILES string of the molecule is COc1ccc(C2(OC)CCOCC2)cc1S(=O)(=O)NC(=O)c1ccc2c(-c3ccccn3)cccc2n1. The van der Waals surface area contributed by atoms with E-state index in [1.165, 1.54) is 19.2 Å². The van der Waals surface area contributed by atoms with E-state index in [4.69, 9.17) is 14.2 Å². The average molecular weight is 534 g/mol. The largest absolute Gasteiger partial charge is 0.495 e. The van der Waals surface area contributed by atoms with E-state index in [0.717, 1.165) is 16.6 Å². The number of amides is 1. The molecule has 1 aliphatic heterocycles. The Morgan fingerprint density at radius 2 is 1.82 bits per heavy atom. The Balaban J connectivity index is 1.46. The van der Waals surface area contributed by atoms with Crippen LogP contribution in [0.25, 0.3) is 22.2 Å². The number of benzene rings is 2. The van der Waals surface area contributed by atoms with Crippen LogP contribution in [0.2, 0.25) is 0 Å². The van der Waals surface area contributed by atoms with Gasteiger partial charge in [-0.25, -0.2) is 18.1 Å². The first-order valence-electron chi connectivity index (χ1n) is 12.1. The van der Waals surface area contributed by atoms with E-state index in [1.54, 1.807) is 37.6 Å². The Hall–Kier alpha value is -3.86. The maximum Gasteiger partial charge on any atom is 0.283 e. The van der Waals surface area contributed by atoms with Gasteiger partial charge in [0, 0.05) is 50.3 Å². The zero-order valence-electron chi connectivity index (χ0n) is 21.0. The number of hydrogen-bond donors (Lipinski definition) is 1. The van der Waals surface area contributed by atoms with Crippen LogP contribution in [0, 0.1) is 0 Å². The molecule has 2 aromatic carbocycles. The first kappa shape index (κ1) is 25.8. The molecule has 5 rings (SSSR count). The predicted octanol–water partition coefficient (Wildman–Crippen LogP) is 4.08. The van der Waals surface area contributed by atoms with E-state index in [9.17, 15) is 13.2 Å². The number of sulfonamides is 1. The molecule has 38 heavy (non-hydrogen) atoms. The second kappa shape index (κ2) is 10.5. The Kier molecular flexibility index (Phi) is 7.11. The normalized spacial score (nSPS) is 15.2. The summed E-state index contributed by atoms with van der Waals surface area (Å²) in [5, 5.41) is 0.793. The average Bonchev–Trinajstić information content (AvgIpc) is 2.96. The fraction of sp³-hybridized carbons (Fsp3) is 0.250. The van der Waals surface area contributed by atoms with Crippen molar-refractivity contribution in [2.75, 3.05) is 27.4 Å². The molecule has 0 unspecified atom stereocenters.